The van der Waals surface area contributed by atoms with Crippen LogP contribution in [-0.2, 0) is 13.1 Å². The zero-order chi connectivity index (χ0) is 22.7. The van der Waals surface area contributed by atoms with Crippen LogP contribution in [0, 0.1) is 0 Å². The topological polar surface area (TPSA) is 24.1 Å². The molecule has 0 unspecified atom stereocenters. The molecule has 0 aliphatic heterocycles. The first kappa shape index (κ1) is 26.6. The molecule has 0 radical (unpaired) electrons. The lowest BCUT2D eigenvalue weighted by molar-refractivity contribution is 0.572. The van der Waals surface area contributed by atoms with Gasteiger partial charge in [0.1, 0.15) is 0 Å². The van der Waals surface area contributed by atoms with Gasteiger partial charge in [0.05, 0.1) is 0 Å². The third-order valence-electron chi connectivity index (χ3n) is 6.31. The highest BCUT2D eigenvalue weighted by Gasteiger charge is 2.00. The van der Waals surface area contributed by atoms with Crippen molar-refractivity contribution in [1.82, 2.24) is 10.6 Å². The van der Waals surface area contributed by atoms with Crippen molar-refractivity contribution in [1.29, 1.82) is 0 Å². The number of nitrogens with one attached hydrogen (secondary N) is 2. The van der Waals surface area contributed by atoms with Crippen molar-refractivity contribution in [3.05, 3.63) is 59.7 Å². The third kappa shape index (κ3) is 11.8. The molecule has 0 aliphatic rings. The maximum atomic E-state index is 3.59. The number of unbranched alkanes of at least 4 members (excludes halogenated alkanes) is 10. The largest absolute Gasteiger partial charge is 0.313 e. The lowest BCUT2D eigenvalue weighted by Gasteiger charge is -2.08. The summed E-state index contributed by atoms with van der Waals surface area (Å²) in [6.45, 7) is 8.75. The lowest BCUT2D eigenvalue weighted by Crippen LogP contribution is -2.14. The highest BCUT2D eigenvalue weighted by molar-refractivity contribution is 5.63. The van der Waals surface area contributed by atoms with Crippen molar-refractivity contribution < 1.29 is 0 Å². The number of hydrogen-bond acceptors (Lipinski definition) is 2. The zero-order valence-corrected chi connectivity index (χ0v) is 20.9. The first-order chi connectivity index (χ1) is 15.8. The van der Waals surface area contributed by atoms with Crippen LogP contribution in [0.3, 0.4) is 0 Å². The molecule has 32 heavy (non-hydrogen) atoms. The summed E-state index contributed by atoms with van der Waals surface area (Å²) >= 11 is 0. The van der Waals surface area contributed by atoms with E-state index in [0.717, 1.165) is 26.2 Å². The van der Waals surface area contributed by atoms with Gasteiger partial charge < -0.3 is 10.6 Å². The predicted molar refractivity (Wildman–Crippen MR) is 142 cm³/mol. The van der Waals surface area contributed by atoms with Crippen LogP contribution in [0.4, 0.5) is 0 Å². The predicted octanol–water partition coefficient (Wildman–Crippen LogP) is 8.25. The van der Waals surface area contributed by atoms with Crippen LogP contribution in [0.2, 0.25) is 0 Å². The van der Waals surface area contributed by atoms with Crippen LogP contribution < -0.4 is 10.6 Å². The number of benzene rings is 2. The number of rotatable bonds is 19. The van der Waals surface area contributed by atoms with Crippen molar-refractivity contribution in [3.8, 4) is 11.1 Å². The van der Waals surface area contributed by atoms with Gasteiger partial charge in [-0.15, -0.1) is 0 Å². The van der Waals surface area contributed by atoms with E-state index >= 15 is 0 Å². The summed E-state index contributed by atoms with van der Waals surface area (Å²) in [4.78, 5) is 0. The Bertz CT molecular complexity index is 613. The van der Waals surface area contributed by atoms with Gasteiger partial charge in [-0.05, 0) is 48.2 Å². The van der Waals surface area contributed by atoms with Crippen molar-refractivity contribution in [2.45, 2.75) is 104 Å². The zero-order valence-electron chi connectivity index (χ0n) is 20.9. The van der Waals surface area contributed by atoms with Gasteiger partial charge in [-0.1, -0.05) is 127 Å². The van der Waals surface area contributed by atoms with E-state index in [1.54, 1.807) is 0 Å². The van der Waals surface area contributed by atoms with Crippen molar-refractivity contribution in [2.24, 2.45) is 0 Å². The summed E-state index contributed by atoms with van der Waals surface area (Å²) in [6.07, 6.45) is 16.3. The molecular weight excluding hydrogens is 388 g/mol. The van der Waals surface area contributed by atoms with E-state index in [2.05, 4.69) is 73.0 Å². The normalized spacial score (nSPS) is 11.2. The van der Waals surface area contributed by atoms with Crippen LogP contribution in [0.25, 0.3) is 11.1 Å². The van der Waals surface area contributed by atoms with Crippen LogP contribution >= 0.6 is 0 Å². The Kier molecular flexibility index (Phi) is 14.9. The van der Waals surface area contributed by atoms with Crippen LogP contribution in [0.5, 0.6) is 0 Å². The second-order valence-corrected chi connectivity index (χ2v) is 9.28. The quantitative estimate of drug-likeness (QED) is 0.217. The van der Waals surface area contributed by atoms with Crippen LogP contribution in [0.1, 0.15) is 102 Å². The maximum absolute atomic E-state index is 3.59. The monoisotopic (exact) mass is 436 g/mol. The Balaban J connectivity index is 1.61. The average molecular weight is 437 g/mol. The Morgan fingerprint density at radius 3 is 1.16 bits per heavy atom. The molecule has 2 nitrogen and oxygen atoms in total. The highest BCUT2D eigenvalue weighted by Crippen LogP contribution is 2.20. The summed E-state index contributed by atoms with van der Waals surface area (Å²) in [5, 5.41) is 7.19. The minimum absolute atomic E-state index is 0.971. The van der Waals surface area contributed by atoms with Crippen LogP contribution in [-0.4, -0.2) is 13.1 Å². The van der Waals surface area contributed by atoms with Gasteiger partial charge in [0.15, 0.2) is 0 Å². The molecule has 0 spiro atoms. The molecule has 0 bridgehead atoms. The van der Waals surface area contributed by atoms with Crippen molar-refractivity contribution in [2.75, 3.05) is 13.1 Å². The molecule has 178 valence electrons. The molecule has 2 aromatic rings. The minimum atomic E-state index is 0.971. The SMILES string of the molecule is CCCCCCCCNCc1ccc(-c2ccc(CNCCCCCCCC)cc2)cc1. The molecule has 0 saturated carbocycles. The molecule has 2 rings (SSSR count). The molecule has 0 aromatic heterocycles. The van der Waals surface area contributed by atoms with Crippen molar-refractivity contribution in [3.63, 3.8) is 0 Å². The summed E-state index contributed by atoms with van der Waals surface area (Å²) in [5.74, 6) is 0. The van der Waals surface area contributed by atoms with E-state index in [1.807, 2.05) is 0 Å². The summed E-state index contributed by atoms with van der Waals surface area (Å²) < 4.78 is 0. The van der Waals surface area contributed by atoms with E-state index < -0.39 is 0 Å². The second-order valence-electron chi connectivity index (χ2n) is 9.28. The molecular formula is C30H48N2. The Morgan fingerprint density at radius 2 is 0.781 bits per heavy atom. The average Bonchev–Trinajstić information content (AvgIpc) is 2.83. The molecule has 0 amide bonds. The molecule has 2 aromatic carbocycles. The van der Waals surface area contributed by atoms with Gasteiger partial charge >= 0.3 is 0 Å². The van der Waals surface area contributed by atoms with E-state index in [-0.39, 0.29) is 0 Å². The Morgan fingerprint density at radius 1 is 0.438 bits per heavy atom. The first-order valence-electron chi connectivity index (χ1n) is 13.4. The molecule has 0 heterocycles. The van der Waals surface area contributed by atoms with Gasteiger partial charge in [0.25, 0.3) is 0 Å². The first-order valence-corrected chi connectivity index (χ1v) is 13.4. The van der Waals surface area contributed by atoms with Gasteiger partial charge in [-0.2, -0.15) is 0 Å². The molecule has 0 saturated heterocycles. The van der Waals surface area contributed by atoms with E-state index in [0.29, 0.717) is 0 Å². The Labute approximate surface area is 198 Å². The standard InChI is InChI=1S/C30H48N2/c1-3-5-7-9-11-13-23-31-25-27-15-19-29(20-16-27)30-21-17-28(18-22-30)26-32-24-14-12-10-8-6-4-2/h15-22,31-32H,3-14,23-26H2,1-2H3. The maximum Gasteiger partial charge on any atom is 0.0205 e. The minimum Gasteiger partial charge on any atom is -0.313 e. The Hall–Kier alpha value is -1.64. The summed E-state index contributed by atoms with van der Waals surface area (Å²) in [6, 6.07) is 18.1. The van der Waals surface area contributed by atoms with Gasteiger partial charge in [0, 0.05) is 13.1 Å². The smallest absolute Gasteiger partial charge is 0.0205 e. The van der Waals surface area contributed by atoms with Gasteiger partial charge in [0.2, 0.25) is 0 Å². The highest BCUT2D eigenvalue weighted by atomic mass is 14.8. The van der Waals surface area contributed by atoms with Crippen LogP contribution in [0.15, 0.2) is 48.5 Å². The van der Waals surface area contributed by atoms with Gasteiger partial charge in [-0.3, -0.25) is 0 Å². The third-order valence-corrected chi connectivity index (χ3v) is 6.31. The molecule has 0 atom stereocenters. The number of hydrogen-bond donors (Lipinski definition) is 2. The lowest BCUT2D eigenvalue weighted by atomic mass is 10.0. The molecule has 2 heteroatoms. The van der Waals surface area contributed by atoms with Gasteiger partial charge in [-0.25, -0.2) is 0 Å². The molecule has 2 N–H and O–H groups in total. The van der Waals surface area contributed by atoms with E-state index in [9.17, 15) is 0 Å². The second kappa shape index (κ2) is 17.9. The fraction of sp³-hybridized carbons (Fsp3) is 0.600. The fourth-order valence-electron chi connectivity index (χ4n) is 4.16. The molecule has 0 fully saturated rings. The summed E-state index contributed by atoms with van der Waals surface area (Å²) in [5.41, 5.74) is 5.35. The fourth-order valence-corrected chi connectivity index (χ4v) is 4.16. The van der Waals surface area contributed by atoms with Crippen molar-refractivity contribution >= 4 is 0 Å². The van der Waals surface area contributed by atoms with E-state index in [1.165, 1.54) is 99.3 Å². The van der Waals surface area contributed by atoms with E-state index in [4.69, 9.17) is 0 Å². The molecule has 0 aliphatic carbocycles. The summed E-state index contributed by atoms with van der Waals surface area (Å²) in [7, 11) is 0.